The Labute approximate surface area is 104 Å². The fraction of sp³-hybridized carbons (Fsp3) is 0.923. The summed E-state index contributed by atoms with van der Waals surface area (Å²) >= 11 is 0. The summed E-state index contributed by atoms with van der Waals surface area (Å²) in [4.78, 5) is 16.7. The normalized spacial score (nSPS) is 34.9. The molecule has 98 valence electrons. The second-order valence-corrected chi connectivity index (χ2v) is 5.61. The predicted octanol–water partition coefficient (Wildman–Crippen LogP) is 0.680. The summed E-state index contributed by atoms with van der Waals surface area (Å²) in [5.41, 5.74) is 0. The first-order chi connectivity index (χ1) is 8.09. The quantitative estimate of drug-likeness (QED) is 0.770. The molecule has 1 amide bonds. The van der Waals surface area contributed by atoms with Crippen molar-refractivity contribution in [1.82, 2.24) is 15.1 Å². The third-order valence-corrected chi connectivity index (χ3v) is 4.43. The molecule has 3 unspecified atom stereocenters. The van der Waals surface area contributed by atoms with Crippen LogP contribution in [0.25, 0.3) is 0 Å². The van der Waals surface area contributed by atoms with E-state index in [-0.39, 0.29) is 6.04 Å². The van der Waals surface area contributed by atoms with Crippen molar-refractivity contribution in [2.45, 2.75) is 50.7 Å². The van der Waals surface area contributed by atoms with Gasteiger partial charge in [0.25, 0.3) is 0 Å². The van der Waals surface area contributed by atoms with E-state index in [1.54, 1.807) is 0 Å². The SMILES string of the molecule is CC1CC(N(C)C(=O)C2CCCN2)CCN1C. The van der Waals surface area contributed by atoms with Gasteiger partial charge < -0.3 is 15.1 Å². The van der Waals surface area contributed by atoms with Crippen molar-refractivity contribution in [1.29, 1.82) is 0 Å². The lowest BCUT2D eigenvalue weighted by Gasteiger charge is -2.40. The molecule has 0 spiro atoms. The van der Waals surface area contributed by atoms with Crippen LogP contribution in [0, 0.1) is 0 Å². The highest BCUT2D eigenvalue weighted by Crippen LogP contribution is 2.21. The number of amides is 1. The highest BCUT2D eigenvalue weighted by molar-refractivity contribution is 5.82. The average molecular weight is 239 g/mol. The molecule has 1 N–H and O–H groups in total. The highest BCUT2D eigenvalue weighted by atomic mass is 16.2. The minimum atomic E-state index is 0.0787. The largest absolute Gasteiger partial charge is 0.341 e. The molecule has 0 saturated carbocycles. The number of hydrogen-bond acceptors (Lipinski definition) is 3. The van der Waals surface area contributed by atoms with Gasteiger partial charge in [0.15, 0.2) is 0 Å². The van der Waals surface area contributed by atoms with Gasteiger partial charge in [-0.05, 0) is 46.2 Å². The first-order valence-corrected chi connectivity index (χ1v) is 6.80. The number of hydrogen-bond donors (Lipinski definition) is 1. The Bertz CT molecular complexity index is 276. The first kappa shape index (κ1) is 12.8. The van der Waals surface area contributed by atoms with Crippen LogP contribution >= 0.6 is 0 Å². The molecule has 4 heteroatoms. The lowest BCUT2D eigenvalue weighted by molar-refractivity contribution is -0.135. The van der Waals surface area contributed by atoms with Gasteiger partial charge in [-0.2, -0.15) is 0 Å². The third kappa shape index (κ3) is 2.80. The Morgan fingerprint density at radius 3 is 2.76 bits per heavy atom. The van der Waals surface area contributed by atoms with E-state index in [1.165, 1.54) is 0 Å². The van der Waals surface area contributed by atoms with Crippen molar-refractivity contribution >= 4 is 5.91 Å². The number of nitrogens with one attached hydrogen (secondary N) is 1. The summed E-state index contributed by atoms with van der Waals surface area (Å²) in [6.45, 7) is 4.34. The minimum Gasteiger partial charge on any atom is -0.341 e. The number of nitrogens with zero attached hydrogens (tertiary/aromatic N) is 2. The molecule has 0 aromatic heterocycles. The van der Waals surface area contributed by atoms with E-state index in [0.29, 0.717) is 18.0 Å². The van der Waals surface area contributed by atoms with Gasteiger partial charge >= 0.3 is 0 Å². The molecule has 0 aromatic rings. The molecule has 2 fully saturated rings. The van der Waals surface area contributed by atoms with Crippen LogP contribution in [-0.2, 0) is 4.79 Å². The standard InChI is InChI=1S/C13H25N3O/c1-10-9-11(6-8-15(10)2)16(3)13(17)12-5-4-7-14-12/h10-12,14H,4-9H2,1-3H3. The maximum absolute atomic E-state index is 12.3. The molecule has 2 heterocycles. The highest BCUT2D eigenvalue weighted by Gasteiger charge is 2.32. The van der Waals surface area contributed by atoms with Gasteiger partial charge in [-0.1, -0.05) is 0 Å². The topological polar surface area (TPSA) is 35.6 Å². The van der Waals surface area contributed by atoms with E-state index in [0.717, 1.165) is 38.8 Å². The van der Waals surface area contributed by atoms with E-state index in [4.69, 9.17) is 0 Å². The fourth-order valence-corrected chi connectivity index (χ4v) is 2.94. The molecule has 0 radical (unpaired) electrons. The van der Waals surface area contributed by atoms with Gasteiger partial charge in [0.05, 0.1) is 6.04 Å². The molecule has 4 nitrogen and oxygen atoms in total. The molecule has 0 aliphatic carbocycles. The van der Waals surface area contributed by atoms with Crippen LogP contribution < -0.4 is 5.32 Å². The van der Waals surface area contributed by atoms with Gasteiger partial charge in [0.1, 0.15) is 0 Å². The summed E-state index contributed by atoms with van der Waals surface area (Å²) in [5.74, 6) is 0.296. The zero-order valence-electron chi connectivity index (χ0n) is 11.3. The summed E-state index contributed by atoms with van der Waals surface area (Å²) in [5, 5.41) is 3.29. The van der Waals surface area contributed by atoms with Crippen molar-refractivity contribution < 1.29 is 4.79 Å². The molecule has 2 aliphatic rings. The van der Waals surface area contributed by atoms with Crippen molar-refractivity contribution in [3.8, 4) is 0 Å². The fourth-order valence-electron chi connectivity index (χ4n) is 2.94. The molecule has 2 rings (SSSR count). The molecule has 17 heavy (non-hydrogen) atoms. The van der Waals surface area contributed by atoms with Crippen LogP contribution in [0.2, 0.25) is 0 Å². The van der Waals surface area contributed by atoms with Crippen LogP contribution in [0.5, 0.6) is 0 Å². The molecular weight excluding hydrogens is 214 g/mol. The summed E-state index contributed by atoms with van der Waals surface area (Å²) in [6, 6.07) is 1.09. The Morgan fingerprint density at radius 2 is 2.18 bits per heavy atom. The lowest BCUT2D eigenvalue weighted by Crippen LogP contribution is -2.51. The van der Waals surface area contributed by atoms with Crippen molar-refractivity contribution in [2.75, 3.05) is 27.2 Å². The molecule has 2 saturated heterocycles. The number of carbonyl (C=O) groups is 1. The van der Waals surface area contributed by atoms with Gasteiger partial charge in [-0.3, -0.25) is 4.79 Å². The van der Waals surface area contributed by atoms with E-state index >= 15 is 0 Å². The van der Waals surface area contributed by atoms with Crippen molar-refractivity contribution in [2.24, 2.45) is 0 Å². The average Bonchev–Trinajstić information content (AvgIpc) is 2.84. The second kappa shape index (κ2) is 5.36. The Balaban J connectivity index is 1.90. The third-order valence-electron chi connectivity index (χ3n) is 4.43. The summed E-state index contributed by atoms with van der Waals surface area (Å²) in [7, 11) is 4.15. The van der Waals surface area contributed by atoms with Crippen LogP contribution in [-0.4, -0.2) is 61.0 Å². The summed E-state index contributed by atoms with van der Waals surface area (Å²) in [6.07, 6.45) is 4.35. The Morgan fingerprint density at radius 1 is 1.41 bits per heavy atom. The molecule has 0 aromatic carbocycles. The first-order valence-electron chi connectivity index (χ1n) is 6.80. The molecule has 2 aliphatic heterocycles. The van der Waals surface area contributed by atoms with Crippen LogP contribution in [0.4, 0.5) is 0 Å². The van der Waals surface area contributed by atoms with E-state index in [1.807, 2.05) is 11.9 Å². The number of rotatable bonds is 2. The van der Waals surface area contributed by atoms with E-state index in [2.05, 4.69) is 24.2 Å². The zero-order chi connectivity index (χ0) is 12.4. The van der Waals surface area contributed by atoms with Crippen LogP contribution in [0.15, 0.2) is 0 Å². The molecular formula is C13H25N3O. The van der Waals surface area contributed by atoms with Crippen molar-refractivity contribution in [3.05, 3.63) is 0 Å². The van der Waals surface area contributed by atoms with Gasteiger partial charge in [0, 0.05) is 25.7 Å². The molecule has 0 bridgehead atoms. The van der Waals surface area contributed by atoms with Gasteiger partial charge in [-0.25, -0.2) is 0 Å². The van der Waals surface area contributed by atoms with Gasteiger partial charge in [0.2, 0.25) is 5.91 Å². The maximum Gasteiger partial charge on any atom is 0.239 e. The number of likely N-dealkylation sites (N-methyl/N-ethyl adjacent to an activating group) is 1. The summed E-state index contributed by atoms with van der Waals surface area (Å²) < 4.78 is 0. The second-order valence-electron chi connectivity index (χ2n) is 5.61. The number of carbonyl (C=O) groups excluding carboxylic acids is 1. The Hall–Kier alpha value is -0.610. The number of likely N-dealkylation sites (tertiary alicyclic amines) is 1. The zero-order valence-corrected chi connectivity index (χ0v) is 11.3. The van der Waals surface area contributed by atoms with Crippen LogP contribution in [0.3, 0.4) is 0 Å². The predicted molar refractivity (Wildman–Crippen MR) is 68.9 cm³/mol. The lowest BCUT2D eigenvalue weighted by atomic mass is 9.97. The van der Waals surface area contributed by atoms with Crippen molar-refractivity contribution in [3.63, 3.8) is 0 Å². The van der Waals surface area contributed by atoms with E-state index in [9.17, 15) is 4.79 Å². The monoisotopic (exact) mass is 239 g/mol. The minimum absolute atomic E-state index is 0.0787. The van der Waals surface area contributed by atoms with Gasteiger partial charge in [-0.15, -0.1) is 0 Å². The van der Waals surface area contributed by atoms with Crippen LogP contribution in [0.1, 0.15) is 32.6 Å². The Kier molecular flexibility index (Phi) is 4.05. The maximum atomic E-state index is 12.3. The van der Waals surface area contributed by atoms with E-state index < -0.39 is 0 Å². The number of piperidine rings is 1. The smallest absolute Gasteiger partial charge is 0.239 e. The molecule has 3 atom stereocenters.